The number of nitrogens with zero attached hydrogens (tertiary/aromatic N) is 3. The summed E-state index contributed by atoms with van der Waals surface area (Å²) in [7, 11) is 1.34. The number of alkyl halides is 5. The van der Waals surface area contributed by atoms with Crippen LogP contribution in [0.2, 0.25) is 0 Å². The van der Waals surface area contributed by atoms with E-state index in [4.69, 9.17) is 14.2 Å². The Morgan fingerprint density at radius 2 is 1.83 bits per heavy atom. The van der Waals surface area contributed by atoms with E-state index in [-0.39, 0.29) is 70.3 Å². The second kappa shape index (κ2) is 11.1. The van der Waals surface area contributed by atoms with Crippen LogP contribution in [0.5, 0.6) is 17.2 Å². The number of hydrogen-bond donors (Lipinski definition) is 0. The van der Waals surface area contributed by atoms with Gasteiger partial charge in [0.25, 0.3) is 0 Å². The first kappa shape index (κ1) is 30.6. The summed E-state index contributed by atoms with van der Waals surface area (Å²) < 4.78 is 112. The van der Waals surface area contributed by atoms with E-state index in [0.29, 0.717) is 19.3 Å². The molecule has 9 nitrogen and oxygen atoms in total. The fourth-order valence-electron chi connectivity index (χ4n) is 7.15. The maximum absolute atomic E-state index is 14.8. The number of aromatic nitrogens is 3. The monoisotopic (exact) mass is 653 g/mol. The fourth-order valence-corrected chi connectivity index (χ4v) is 7.15. The van der Waals surface area contributed by atoms with Crippen molar-refractivity contribution in [1.29, 1.82) is 0 Å². The molecule has 0 spiro atoms. The zero-order valence-electron chi connectivity index (χ0n) is 24.7. The van der Waals surface area contributed by atoms with Crippen LogP contribution in [0.15, 0.2) is 30.6 Å². The molecule has 3 heterocycles. The first-order valence-corrected chi connectivity index (χ1v) is 14.9. The summed E-state index contributed by atoms with van der Waals surface area (Å²) in [5.41, 5.74) is -0.698. The van der Waals surface area contributed by atoms with E-state index in [1.165, 1.54) is 37.2 Å². The molecule has 3 aromatic rings. The lowest BCUT2D eigenvalue weighted by molar-refractivity contribution is -0.286. The van der Waals surface area contributed by atoms with Crippen molar-refractivity contribution < 1.29 is 54.8 Å². The van der Waals surface area contributed by atoms with Gasteiger partial charge in [-0.05, 0) is 63.4 Å². The molecule has 0 radical (unpaired) electrons. The van der Waals surface area contributed by atoms with Gasteiger partial charge >= 0.3 is 18.4 Å². The van der Waals surface area contributed by atoms with Gasteiger partial charge in [-0.2, -0.15) is 18.3 Å². The molecule has 15 heteroatoms. The van der Waals surface area contributed by atoms with Gasteiger partial charge in [-0.1, -0.05) is 0 Å². The molecule has 8 rings (SSSR count). The van der Waals surface area contributed by atoms with Crippen LogP contribution in [0.4, 0.5) is 26.3 Å². The number of fused-ring (bicyclic) bond motifs is 4. The quantitative estimate of drug-likeness (QED) is 0.202. The number of rotatable bonds is 7. The number of methoxy groups -OCH3 is 1. The number of carbonyl (C=O) groups is 1. The minimum Gasteiger partial charge on any atom is -0.484 e. The smallest absolute Gasteiger partial charge is 0.484 e. The topological polar surface area (TPSA) is 93.9 Å². The molecule has 4 atom stereocenters. The molecule has 0 saturated heterocycles. The highest BCUT2D eigenvalue weighted by molar-refractivity contribution is 5.73. The third kappa shape index (κ3) is 5.41. The molecule has 2 aromatic heterocycles. The number of pyridine rings is 1. The van der Waals surface area contributed by atoms with Crippen LogP contribution < -0.4 is 14.2 Å². The summed E-state index contributed by atoms with van der Waals surface area (Å²) >= 11 is 0. The maximum atomic E-state index is 14.8. The lowest BCUT2D eigenvalue weighted by Gasteiger charge is -2.50. The number of ether oxygens (including phenoxy) is 5. The van der Waals surface area contributed by atoms with Crippen LogP contribution in [-0.4, -0.2) is 40.2 Å². The van der Waals surface area contributed by atoms with E-state index < -0.39 is 41.9 Å². The molecule has 0 amide bonds. The van der Waals surface area contributed by atoms with Crippen LogP contribution in [0, 0.1) is 23.6 Å². The lowest BCUT2D eigenvalue weighted by atomic mass is 9.58. The Hall–Kier alpha value is -4.01. The molecule has 3 fully saturated rings. The standard InChI is InChI=1S/C31H29F6N3O6/c1-14(20-9-25-26(11-22(20)32)46-31(36,37)45-25)43-18-8-17(12-38-13-18)40-27-19(28(39-40)30(33,34)35)4-3-5-23(27)44-24-10-21(29(41)42-2)15-6-16(24)7-15/h8-9,11-16,21,23-24H,3-7,10H2,1-2H3/t14?,15?,16?,21-,23?,24?/m1/s1. The van der Waals surface area contributed by atoms with Crippen LogP contribution >= 0.6 is 0 Å². The first-order valence-electron chi connectivity index (χ1n) is 14.9. The molecule has 4 aliphatic carbocycles. The Morgan fingerprint density at radius 1 is 1.09 bits per heavy atom. The minimum atomic E-state index is -4.73. The summed E-state index contributed by atoms with van der Waals surface area (Å²) in [6.07, 6.45) is -5.07. The van der Waals surface area contributed by atoms with Crippen molar-refractivity contribution >= 4 is 5.97 Å². The molecule has 246 valence electrons. The van der Waals surface area contributed by atoms with E-state index in [1.807, 2.05) is 0 Å². The van der Waals surface area contributed by atoms with Gasteiger partial charge in [0.2, 0.25) is 0 Å². The van der Waals surface area contributed by atoms with E-state index in [2.05, 4.69) is 19.6 Å². The van der Waals surface area contributed by atoms with Crippen molar-refractivity contribution in [2.45, 2.75) is 76.2 Å². The fraction of sp³-hybridized carbons (Fsp3) is 0.516. The molecular weight excluding hydrogens is 624 g/mol. The van der Waals surface area contributed by atoms with Gasteiger partial charge in [0, 0.05) is 23.3 Å². The Balaban J connectivity index is 1.18. The zero-order chi connectivity index (χ0) is 32.5. The molecule has 3 saturated carbocycles. The molecule has 3 unspecified atom stereocenters. The van der Waals surface area contributed by atoms with E-state index >= 15 is 0 Å². The first-order chi connectivity index (χ1) is 21.8. The van der Waals surface area contributed by atoms with Crippen molar-refractivity contribution in [3.05, 3.63) is 58.9 Å². The highest BCUT2D eigenvalue weighted by Gasteiger charge is 2.51. The van der Waals surface area contributed by atoms with Crippen LogP contribution in [-0.2, 0) is 26.9 Å². The SMILES string of the molecule is COC(=O)[C@@H]1CC(OC2CCCc3c(C(F)(F)F)nn(-c4cncc(OC(C)c5cc6c(cc5F)OC(F)(F)O6)c4)c32)C2CC1C2. The number of benzene rings is 1. The largest absolute Gasteiger partial charge is 0.586 e. The highest BCUT2D eigenvalue weighted by atomic mass is 19.4. The molecule has 5 aliphatic rings. The van der Waals surface area contributed by atoms with Crippen LogP contribution in [0.3, 0.4) is 0 Å². The average molecular weight is 654 g/mol. The van der Waals surface area contributed by atoms with Gasteiger partial charge in [-0.3, -0.25) is 9.78 Å². The van der Waals surface area contributed by atoms with Gasteiger partial charge in [0.15, 0.2) is 17.2 Å². The number of hydrogen-bond acceptors (Lipinski definition) is 8. The van der Waals surface area contributed by atoms with Crippen molar-refractivity contribution in [2.24, 2.45) is 17.8 Å². The number of esters is 1. The van der Waals surface area contributed by atoms with Crippen LogP contribution in [0.25, 0.3) is 5.69 Å². The second-order valence-electron chi connectivity index (χ2n) is 12.2. The van der Waals surface area contributed by atoms with Crippen molar-refractivity contribution in [1.82, 2.24) is 14.8 Å². The minimum absolute atomic E-state index is 0.0366. The predicted octanol–water partition coefficient (Wildman–Crippen LogP) is 6.87. The predicted molar refractivity (Wildman–Crippen MR) is 145 cm³/mol. The molecule has 1 aliphatic heterocycles. The van der Waals surface area contributed by atoms with Gasteiger partial charge < -0.3 is 23.7 Å². The van der Waals surface area contributed by atoms with Crippen LogP contribution in [0.1, 0.15) is 73.8 Å². The van der Waals surface area contributed by atoms with Gasteiger partial charge in [-0.15, -0.1) is 8.78 Å². The molecule has 46 heavy (non-hydrogen) atoms. The number of halogens is 6. The molecule has 0 N–H and O–H groups in total. The summed E-state index contributed by atoms with van der Waals surface area (Å²) in [4.78, 5) is 16.5. The lowest BCUT2D eigenvalue weighted by Crippen LogP contribution is -2.49. The summed E-state index contributed by atoms with van der Waals surface area (Å²) in [5.74, 6) is -1.84. The Bertz CT molecular complexity index is 1670. The second-order valence-corrected chi connectivity index (χ2v) is 12.2. The third-order valence-corrected chi connectivity index (χ3v) is 9.34. The third-order valence-electron chi connectivity index (χ3n) is 9.34. The molecular formula is C31H29F6N3O6. The molecule has 2 bridgehead atoms. The Morgan fingerprint density at radius 3 is 2.54 bits per heavy atom. The number of carbonyl (C=O) groups excluding carboxylic acids is 1. The van der Waals surface area contributed by atoms with Crippen molar-refractivity contribution in [2.75, 3.05) is 7.11 Å². The maximum Gasteiger partial charge on any atom is 0.586 e. The Kier molecular flexibility index (Phi) is 7.36. The van der Waals surface area contributed by atoms with E-state index in [1.54, 1.807) is 0 Å². The van der Waals surface area contributed by atoms with Gasteiger partial charge in [-0.25, -0.2) is 9.07 Å². The molecule has 1 aromatic carbocycles. The van der Waals surface area contributed by atoms with Gasteiger partial charge in [0.1, 0.15) is 23.8 Å². The summed E-state index contributed by atoms with van der Waals surface area (Å²) in [6, 6.07) is 3.21. The summed E-state index contributed by atoms with van der Waals surface area (Å²) in [6.45, 7) is 1.46. The van der Waals surface area contributed by atoms with Crippen molar-refractivity contribution in [3.63, 3.8) is 0 Å². The van der Waals surface area contributed by atoms with Crippen molar-refractivity contribution in [3.8, 4) is 22.9 Å². The normalized spacial score (nSPS) is 26.6. The Labute approximate surface area is 258 Å². The van der Waals surface area contributed by atoms with E-state index in [0.717, 1.165) is 25.0 Å². The van der Waals surface area contributed by atoms with E-state index in [9.17, 15) is 31.1 Å². The highest BCUT2D eigenvalue weighted by Crippen LogP contribution is 2.53. The average Bonchev–Trinajstić information content (AvgIpc) is 3.52. The zero-order valence-corrected chi connectivity index (χ0v) is 24.7. The summed E-state index contributed by atoms with van der Waals surface area (Å²) in [5, 5.41) is 3.99. The van der Waals surface area contributed by atoms with Gasteiger partial charge in [0.05, 0.1) is 42.9 Å².